The first kappa shape index (κ1) is 23.6. The Bertz CT molecular complexity index is 1040. The van der Waals surface area contributed by atoms with Crippen molar-refractivity contribution >= 4 is 17.3 Å². The van der Waals surface area contributed by atoms with Crippen LogP contribution < -0.4 is 20.1 Å². The fourth-order valence-corrected chi connectivity index (χ4v) is 3.87. The minimum absolute atomic E-state index is 0.116. The van der Waals surface area contributed by atoms with Gasteiger partial charge < -0.3 is 24.8 Å². The van der Waals surface area contributed by atoms with Crippen LogP contribution in [0.25, 0.3) is 0 Å². The Balaban J connectivity index is 1.25. The van der Waals surface area contributed by atoms with E-state index >= 15 is 0 Å². The highest BCUT2D eigenvalue weighted by Gasteiger charge is 2.17. The van der Waals surface area contributed by atoms with Gasteiger partial charge in [-0.1, -0.05) is 54.6 Å². The Morgan fingerprint density at radius 3 is 2.35 bits per heavy atom. The van der Waals surface area contributed by atoms with E-state index in [1.165, 1.54) is 5.56 Å². The Hall–Kier alpha value is -3.51. The summed E-state index contributed by atoms with van der Waals surface area (Å²) < 4.78 is 17.5. The average molecular weight is 461 g/mol. The molecule has 178 valence electrons. The number of para-hydroxylation sites is 4. The lowest BCUT2D eigenvalue weighted by Crippen LogP contribution is -2.23. The van der Waals surface area contributed by atoms with Gasteiger partial charge in [-0.25, -0.2) is 0 Å². The predicted molar refractivity (Wildman–Crippen MR) is 135 cm³/mol. The minimum atomic E-state index is -0.160. The molecule has 1 fully saturated rings. The van der Waals surface area contributed by atoms with Crippen molar-refractivity contribution in [3.63, 3.8) is 0 Å². The molecule has 1 amide bonds. The molecule has 6 heteroatoms. The summed E-state index contributed by atoms with van der Waals surface area (Å²) in [6.07, 6.45) is 4.08. The molecule has 0 spiro atoms. The van der Waals surface area contributed by atoms with Gasteiger partial charge >= 0.3 is 0 Å². The second-order valence-electron chi connectivity index (χ2n) is 8.28. The van der Waals surface area contributed by atoms with E-state index in [-0.39, 0.29) is 18.6 Å². The van der Waals surface area contributed by atoms with Crippen molar-refractivity contribution in [3.8, 4) is 11.5 Å². The van der Waals surface area contributed by atoms with Crippen molar-refractivity contribution in [2.45, 2.75) is 31.8 Å². The van der Waals surface area contributed by atoms with Gasteiger partial charge in [0.2, 0.25) is 5.91 Å². The molecular weight excluding hydrogens is 428 g/mol. The van der Waals surface area contributed by atoms with E-state index in [1.807, 2.05) is 54.6 Å². The monoisotopic (exact) mass is 460 g/mol. The molecule has 1 heterocycles. The summed E-state index contributed by atoms with van der Waals surface area (Å²) in [6.45, 7) is 2.00. The van der Waals surface area contributed by atoms with E-state index < -0.39 is 0 Å². The van der Waals surface area contributed by atoms with Crippen molar-refractivity contribution in [3.05, 3.63) is 84.4 Å². The first-order valence-corrected chi connectivity index (χ1v) is 11.9. The standard InChI is InChI=1S/C28H32N2O4/c31-28(30-25-15-5-7-17-27(25)34-21-23-13-9-18-32-23)20-29-24-14-4-6-16-26(24)33-19-8-12-22-10-2-1-3-11-22/h1-7,10-11,14-17,23,29H,8-9,12-13,18-21H2,(H,30,31). The van der Waals surface area contributed by atoms with E-state index in [9.17, 15) is 4.79 Å². The maximum Gasteiger partial charge on any atom is 0.243 e. The van der Waals surface area contributed by atoms with Gasteiger partial charge in [0.1, 0.15) is 18.1 Å². The highest BCUT2D eigenvalue weighted by atomic mass is 16.5. The van der Waals surface area contributed by atoms with Gasteiger partial charge in [0.05, 0.1) is 30.6 Å². The van der Waals surface area contributed by atoms with E-state index in [1.54, 1.807) is 0 Å². The van der Waals surface area contributed by atoms with Gasteiger partial charge in [0.15, 0.2) is 0 Å². The first-order chi connectivity index (χ1) is 16.8. The lowest BCUT2D eigenvalue weighted by Gasteiger charge is -2.16. The minimum Gasteiger partial charge on any atom is -0.491 e. The summed E-state index contributed by atoms with van der Waals surface area (Å²) >= 11 is 0. The molecule has 1 saturated heterocycles. The summed E-state index contributed by atoms with van der Waals surface area (Å²) in [5.41, 5.74) is 2.74. The number of rotatable bonds is 12. The molecule has 1 unspecified atom stereocenters. The third kappa shape index (κ3) is 7.25. The molecule has 0 bridgehead atoms. The van der Waals surface area contributed by atoms with Crippen LogP contribution in [0.5, 0.6) is 11.5 Å². The lowest BCUT2D eigenvalue weighted by molar-refractivity contribution is -0.114. The predicted octanol–water partition coefficient (Wildman–Crippen LogP) is 5.31. The Morgan fingerprint density at radius 2 is 1.59 bits per heavy atom. The van der Waals surface area contributed by atoms with E-state index in [4.69, 9.17) is 14.2 Å². The Kier molecular flexibility index (Phi) is 8.80. The van der Waals surface area contributed by atoms with Crippen LogP contribution in [0.2, 0.25) is 0 Å². The molecule has 6 nitrogen and oxygen atoms in total. The topological polar surface area (TPSA) is 68.8 Å². The fraction of sp³-hybridized carbons (Fsp3) is 0.321. The largest absolute Gasteiger partial charge is 0.491 e. The highest BCUT2D eigenvalue weighted by Crippen LogP contribution is 2.26. The van der Waals surface area contributed by atoms with Crippen LogP contribution in [-0.4, -0.2) is 38.4 Å². The number of anilines is 2. The van der Waals surface area contributed by atoms with Gasteiger partial charge in [-0.3, -0.25) is 4.79 Å². The summed E-state index contributed by atoms with van der Waals surface area (Å²) in [5.74, 6) is 1.23. The van der Waals surface area contributed by atoms with E-state index in [0.29, 0.717) is 24.7 Å². The lowest BCUT2D eigenvalue weighted by atomic mass is 10.1. The molecule has 0 radical (unpaired) electrons. The van der Waals surface area contributed by atoms with Crippen molar-refractivity contribution in [2.24, 2.45) is 0 Å². The van der Waals surface area contributed by atoms with Gasteiger partial charge in [-0.2, -0.15) is 0 Å². The smallest absolute Gasteiger partial charge is 0.243 e. The number of carbonyl (C=O) groups is 1. The van der Waals surface area contributed by atoms with Crippen LogP contribution in [0.4, 0.5) is 11.4 Å². The van der Waals surface area contributed by atoms with Gasteiger partial charge in [-0.05, 0) is 55.5 Å². The van der Waals surface area contributed by atoms with Crippen LogP contribution in [0.3, 0.4) is 0 Å². The Labute approximate surface area is 201 Å². The molecule has 2 N–H and O–H groups in total. The van der Waals surface area contributed by atoms with Crippen LogP contribution in [0.1, 0.15) is 24.8 Å². The molecule has 0 saturated carbocycles. The maximum absolute atomic E-state index is 12.6. The number of carbonyl (C=O) groups excluding carboxylic acids is 1. The number of nitrogens with one attached hydrogen (secondary N) is 2. The summed E-state index contributed by atoms with van der Waals surface area (Å²) in [7, 11) is 0. The van der Waals surface area contributed by atoms with E-state index in [0.717, 1.165) is 43.7 Å². The zero-order valence-corrected chi connectivity index (χ0v) is 19.4. The van der Waals surface area contributed by atoms with E-state index in [2.05, 4.69) is 34.9 Å². The first-order valence-electron chi connectivity index (χ1n) is 11.9. The maximum atomic E-state index is 12.6. The molecule has 1 aliphatic rings. The third-order valence-corrected chi connectivity index (χ3v) is 5.65. The van der Waals surface area contributed by atoms with Crippen LogP contribution in [0.15, 0.2) is 78.9 Å². The van der Waals surface area contributed by atoms with Crippen LogP contribution in [-0.2, 0) is 16.0 Å². The van der Waals surface area contributed by atoms with Crippen LogP contribution >= 0.6 is 0 Å². The average Bonchev–Trinajstić information content (AvgIpc) is 3.40. The van der Waals surface area contributed by atoms with Crippen LogP contribution in [0, 0.1) is 0 Å². The molecule has 34 heavy (non-hydrogen) atoms. The second kappa shape index (κ2) is 12.7. The number of benzene rings is 3. The molecule has 0 aromatic heterocycles. The SMILES string of the molecule is O=C(CNc1ccccc1OCCCc1ccccc1)Nc1ccccc1OCC1CCCO1. The summed E-state index contributed by atoms with van der Waals surface area (Å²) in [4.78, 5) is 12.6. The van der Waals surface area contributed by atoms with Crippen molar-refractivity contribution in [1.29, 1.82) is 0 Å². The molecule has 3 aromatic rings. The van der Waals surface area contributed by atoms with Gasteiger partial charge in [-0.15, -0.1) is 0 Å². The summed E-state index contributed by atoms with van der Waals surface area (Å²) in [5, 5.41) is 6.13. The second-order valence-corrected chi connectivity index (χ2v) is 8.28. The zero-order chi connectivity index (χ0) is 23.4. The van der Waals surface area contributed by atoms with Crippen molar-refractivity contribution in [1.82, 2.24) is 0 Å². The Morgan fingerprint density at radius 1 is 0.882 bits per heavy atom. The summed E-state index contributed by atoms with van der Waals surface area (Å²) in [6, 6.07) is 25.5. The molecular formula is C28H32N2O4. The number of aryl methyl sites for hydroxylation is 1. The number of amides is 1. The molecule has 0 aliphatic carbocycles. The van der Waals surface area contributed by atoms with Gasteiger partial charge in [0.25, 0.3) is 0 Å². The zero-order valence-electron chi connectivity index (χ0n) is 19.4. The number of hydrogen-bond donors (Lipinski definition) is 2. The highest BCUT2D eigenvalue weighted by molar-refractivity contribution is 5.95. The molecule has 1 aliphatic heterocycles. The van der Waals surface area contributed by atoms with Gasteiger partial charge in [0, 0.05) is 6.61 Å². The molecule has 4 rings (SSSR count). The molecule has 3 aromatic carbocycles. The quantitative estimate of drug-likeness (QED) is 0.359. The number of ether oxygens (including phenoxy) is 3. The fourth-order valence-electron chi connectivity index (χ4n) is 3.87. The number of hydrogen-bond acceptors (Lipinski definition) is 5. The third-order valence-electron chi connectivity index (χ3n) is 5.65. The molecule has 1 atom stereocenters. The normalized spacial score (nSPS) is 15.0. The van der Waals surface area contributed by atoms with Crippen molar-refractivity contribution in [2.75, 3.05) is 37.0 Å². The van der Waals surface area contributed by atoms with Crippen molar-refractivity contribution < 1.29 is 19.0 Å².